The van der Waals surface area contributed by atoms with Crippen molar-refractivity contribution in [2.24, 2.45) is 0 Å². The third-order valence-electron chi connectivity index (χ3n) is 2.83. The number of alkyl halides is 3. The fourth-order valence-electron chi connectivity index (χ4n) is 1.91. The Hall–Kier alpha value is -1.90. The van der Waals surface area contributed by atoms with Gasteiger partial charge in [-0.25, -0.2) is 9.59 Å². The van der Waals surface area contributed by atoms with Gasteiger partial charge in [-0.1, -0.05) is 18.2 Å². The van der Waals surface area contributed by atoms with E-state index in [9.17, 15) is 22.8 Å². The fourth-order valence-corrected chi connectivity index (χ4v) is 3.17. The first kappa shape index (κ1) is 15.5. The molecule has 0 saturated carbocycles. The van der Waals surface area contributed by atoms with E-state index in [2.05, 4.69) is 5.32 Å². The third-order valence-corrected chi connectivity index (χ3v) is 4.14. The van der Waals surface area contributed by atoms with Gasteiger partial charge < -0.3 is 10.4 Å². The van der Waals surface area contributed by atoms with E-state index in [4.69, 9.17) is 5.11 Å². The molecule has 0 unspecified atom stereocenters. The van der Waals surface area contributed by atoms with Crippen molar-refractivity contribution >= 4 is 29.4 Å². The van der Waals surface area contributed by atoms with Crippen molar-refractivity contribution in [2.45, 2.75) is 17.6 Å². The van der Waals surface area contributed by atoms with Crippen LogP contribution in [0, 0.1) is 0 Å². The van der Waals surface area contributed by atoms with Crippen molar-refractivity contribution in [1.82, 2.24) is 4.90 Å². The standard InChI is InChI=1S/C12H11F3N2O3S/c13-12(14,15)10-17(8(6-21-10)9(18)19)11(20)16-7-4-2-1-3-5-7/h1-5,8,10H,6H2,(H,16,20)(H,18,19)/t8-,10-/m0/s1. The van der Waals surface area contributed by atoms with E-state index in [0.717, 1.165) is 0 Å². The summed E-state index contributed by atoms with van der Waals surface area (Å²) in [6.07, 6.45) is -4.69. The van der Waals surface area contributed by atoms with Gasteiger partial charge in [0, 0.05) is 11.4 Å². The van der Waals surface area contributed by atoms with Crippen molar-refractivity contribution < 1.29 is 27.9 Å². The van der Waals surface area contributed by atoms with Crippen molar-refractivity contribution in [3.63, 3.8) is 0 Å². The Bertz CT molecular complexity index is 538. The SMILES string of the molecule is O=C(O)[C@@H]1CS[C@@H](C(F)(F)F)N1C(=O)Nc1ccccc1. The molecule has 2 rings (SSSR count). The second kappa shape index (κ2) is 5.84. The number of amides is 2. The topological polar surface area (TPSA) is 69.6 Å². The third kappa shape index (κ3) is 3.41. The summed E-state index contributed by atoms with van der Waals surface area (Å²) in [4.78, 5) is 23.4. The number of nitrogens with one attached hydrogen (secondary N) is 1. The van der Waals surface area contributed by atoms with Gasteiger partial charge in [0.15, 0.2) is 5.37 Å². The van der Waals surface area contributed by atoms with Crippen molar-refractivity contribution in [3.05, 3.63) is 30.3 Å². The molecule has 9 heteroatoms. The number of benzene rings is 1. The molecule has 0 spiro atoms. The molecule has 1 saturated heterocycles. The summed E-state index contributed by atoms with van der Waals surface area (Å²) in [6.45, 7) is 0. The molecular formula is C12H11F3N2O3S. The number of carbonyl (C=O) groups excluding carboxylic acids is 1. The number of aliphatic carboxylic acids is 1. The van der Waals surface area contributed by atoms with Crippen molar-refractivity contribution in [1.29, 1.82) is 0 Å². The maximum Gasteiger partial charge on any atom is 0.418 e. The molecule has 2 atom stereocenters. The first-order chi connectivity index (χ1) is 9.80. The van der Waals surface area contributed by atoms with Crippen LogP contribution in [0.25, 0.3) is 0 Å². The average molecular weight is 320 g/mol. The van der Waals surface area contributed by atoms with Gasteiger partial charge in [-0.2, -0.15) is 13.2 Å². The lowest BCUT2D eigenvalue weighted by atomic mass is 10.3. The molecule has 1 heterocycles. The fraction of sp³-hybridized carbons (Fsp3) is 0.333. The average Bonchev–Trinajstić information content (AvgIpc) is 2.84. The lowest BCUT2D eigenvalue weighted by Crippen LogP contribution is -2.51. The van der Waals surface area contributed by atoms with Crippen LogP contribution in [0.2, 0.25) is 0 Å². The molecule has 21 heavy (non-hydrogen) atoms. The van der Waals surface area contributed by atoms with E-state index in [1.807, 2.05) is 0 Å². The maximum atomic E-state index is 12.9. The molecule has 1 aliphatic heterocycles. The molecule has 1 fully saturated rings. The van der Waals surface area contributed by atoms with Gasteiger partial charge in [0.25, 0.3) is 0 Å². The second-order valence-corrected chi connectivity index (χ2v) is 5.40. The Morgan fingerprint density at radius 2 is 1.90 bits per heavy atom. The quantitative estimate of drug-likeness (QED) is 0.879. The number of hydrogen-bond donors (Lipinski definition) is 2. The number of para-hydroxylation sites is 1. The van der Waals surface area contributed by atoms with Crippen LogP contribution in [0.15, 0.2) is 30.3 Å². The van der Waals surface area contributed by atoms with Crippen LogP contribution in [0.4, 0.5) is 23.7 Å². The van der Waals surface area contributed by atoms with E-state index >= 15 is 0 Å². The highest BCUT2D eigenvalue weighted by molar-refractivity contribution is 8.00. The lowest BCUT2D eigenvalue weighted by molar-refractivity contribution is -0.158. The van der Waals surface area contributed by atoms with Crippen molar-refractivity contribution in [3.8, 4) is 0 Å². The Morgan fingerprint density at radius 3 is 2.43 bits per heavy atom. The van der Waals surface area contributed by atoms with Crippen LogP contribution in [0.1, 0.15) is 0 Å². The van der Waals surface area contributed by atoms with Gasteiger partial charge in [0.05, 0.1) is 0 Å². The molecule has 114 valence electrons. The van der Waals surface area contributed by atoms with E-state index in [1.165, 1.54) is 12.1 Å². The highest BCUT2D eigenvalue weighted by Crippen LogP contribution is 2.40. The van der Waals surface area contributed by atoms with Gasteiger partial charge in [-0.15, -0.1) is 11.8 Å². The normalized spacial score (nSPS) is 22.1. The summed E-state index contributed by atoms with van der Waals surface area (Å²) >= 11 is 0.392. The Labute approximate surface area is 122 Å². The number of thioether (sulfide) groups is 1. The number of rotatable bonds is 2. The summed E-state index contributed by atoms with van der Waals surface area (Å²) in [5, 5.41) is 9.10. The Morgan fingerprint density at radius 1 is 1.29 bits per heavy atom. The first-order valence-electron chi connectivity index (χ1n) is 5.86. The van der Waals surface area contributed by atoms with Crippen LogP contribution in [-0.4, -0.2) is 45.4 Å². The van der Waals surface area contributed by atoms with E-state index in [1.54, 1.807) is 18.2 Å². The zero-order valence-electron chi connectivity index (χ0n) is 10.5. The van der Waals surface area contributed by atoms with Gasteiger partial charge in [-0.05, 0) is 12.1 Å². The lowest BCUT2D eigenvalue weighted by Gasteiger charge is -2.28. The number of carbonyl (C=O) groups is 2. The van der Waals surface area contributed by atoms with E-state index < -0.39 is 29.6 Å². The zero-order valence-corrected chi connectivity index (χ0v) is 11.3. The Kier molecular flexibility index (Phi) is 4.31. The minimum atomic E-state index is -4.69. The molecule has 1 aliphatic rings. The monoisotopic (exact) mass is 320 g/mol. The summed E-state index contributed by atoms with van der Waals surface area (Å²) in [7, 11) is 0. The number of nitrogens with zero attached hydrogens (tertiary/aromatic N) is 1. The summed E-state index contributed by atoms with van der Waals surface area (Å²) in [5.41, 5.74) is 0.296. The van der Waals surface area contributed by atoms with Gasteiger partial charge >= 0.3 is 18.2 Å². The highest BCUT2D eigenvalue weighted by atomic mass is 32.2. The number of hydrogen-bond acceptors (Lipinski definition) is 3. The number of halogens is 3. The summed E-state index contributed by atoms with van der Waals surface area (Å²) in [6, 6.07) is 5.29. The van der Waals surface area contributed by atoms with Crippen LogP contribution in [0.3, 0.4) is 0 Å². The predicted molar refractivity (Wildman–Crippen MR) is 71.0 cm³/mol. The van der Waals surface area contributed by atoms with Crippen LogP contribution in [-0.2, 0) is 4.79 Å². The maximum absolute atomic E-state index is 12.9. The molecular weight excluding hydrogens is 309 g/mol. The zero-order chi connectivity index (χ0) is 15.6. The largest absolute Gasteiger partial charge is 0.480 e. The molecule has 2 amide bonds. The van der Waals surface area contributed by atoms with Gasteiger partial charge in [0.2, 0.25) is 0 Å². The molecule has 0 aliphatic carbocycles. The van der Waals surface area contributed by atoms with E-state index in [0.29, 0.717) is 22.3 Å². The predicted octanol–water partition coefficient (Wildman–Crippen LogP) is 2.61. The summed E-state index contributed by atoms with van der Waals surface area (Å²) < 4.78 is 38.7. The molecule has 5 nitrogen and oxygen atoms in total. The molecule has 1 aromatic rings. The molecule has 0 bridgehead atoms. The van der Waals surface area contributed by atoms with Crippen LogP contribution < -0.4 is 5.32 Å². The van der Waals surface area contributed by atoms with Crippen LogP contribution in [0.5, 0.6) is 0 Å². The molecule has 0 aromatic heterocycles. The number of anilines is 1. The highest BCUT2D eigenvalue weighted by Gasteiger charge is 2.54. The number of carboxylic acid groups (broad SMARTS) is 1. The number of urea groups is 1. The summed E-state index contributed by atoms with van der Waals surface area (Å²) in [5.74, 6) is -1.76. The van der Waals surface area contributed by atoms with Crippen molar-refractivity contribution in [2.75, 3.05) is 11.1 Å². The smallest absolute Gasteiger partial charge is 0.418 e. The minimum absolute atomic E-state index is 0.296. The Balaban J connectivity index is 2.22. The number of carboxylic acids is 1. The molecule has 1 aromatic carbocycles. The molecule has 0 radical (unpaired) electrons. The molecule has 2 N–H and O–H groups in total. The second-order valence-electron chi connectivity index (χ2n) is 4.28. The first-order valence-corrected chi connectivity index (χ1v) is 6.91. The minimum Gasteiger partial charge on any atom is -0.480 e. The van der Waals surface area contributed by atoms with Crippen LogP contribution >= 0.6 is 11.8 Å². The van der Waals surface area contributed by atoms with E-state index in [-0.39, 0.29) is 5.75 Å². The van der Waals surface area contributed by atoms with Gasteiger partial charge in [-0.3, -0.25) is 4.90 Å². The van der Waals surface area contributed by atoms with Gasteiger partial charge in [0.1, 0.15) is 6.04 Å².